The van der Waals surface area contributed by atoms with Crippen LogP contribution < -0.4 is 5.32 Å². The van der Waals surface area contributed by atoms with E-state index >= 15 is 0 Å². The number of aryl methyl sites for hydroxylation is 2. The lowest BCUT2D eigenvalue weighted by atomic mass is 9.79. The summed E-state index contributed by atoms with van der Waals surface area (Å²) in [6.07, 6.45) is -0.450. The predicted molar refractivity (Wildman–Crippen MR) is 158 cm³/mol. The molecule has 5 rings (SSSR count). The fourth-order valence-corrected chi connectivity index (χ4v) is 8.06. The maximum absolute atomic E-state index is 13.7. The quantitative estimate of drug-likeness (QED) is 0.321. The average molecular weight is 594 g/mol. The van der Waals surface area contributed by atoms with Crippen molar-refractivity contribution in [2.75, 3.05) is 11.9 Å². The maximum Gasteiger partial charge on any atom is 0.353 e. The predicted octanol–water partition coefficient (Wildman–Crippen LogP) is 3.47. The van der Waals surface area contributed by atoms with Crippen molar-refractivity contribution in [1.29, 1.82) is 0 Å². The molecule has 2 aromatic carbocycles. The van der Waals surface area contributed by atoms with Crippen LogP contribution in [0.15, 0.2) is 53.1 Å². The maximum atomic E-state index is 13.7. The molecule has 0 saturated carbocycles. The number of carboxylic acids is 2. The van der Waals surface area contributed by atoms with E-state index < -0.39 is 36.0 Å². The summed E-state index contributed by atoms with van der Waals surface area (Å²) in [5.74, 6) is -3.82. The van der Waals surface area contributed by atoms with Gasteiger partial charge in [-0.2, -0.15) is 0 Å². The van der Waals surface area contributed by atoms with Crippen LogP contribution in [0.1, 0.15) is 47.3 Å². The smallest absolute Gasteiger partial charge is 0.353 e. The van der Waals surface area contributed by atoms with E-state index in [2.05, 4.69) is 10.2 Å². The molecule has 2 aromatic rings. The van der Waals surface area contributed by atoms with E-state index in [1.54, 1.807) is 19.1 Å². The summed E-state index contributed by atoms with van der Waals surface area (Å²) in [5.41, 5.74) is 3.74. The number of aromatic carboxylic acids is 1. The van der Waals surface area contributed by atoms with Crippen LogP contribution >= 0.6 is 11.8 Å². The van der Waals surface area contributed by atoms with Crippen molar-refractivity contribution >= 4 is 41.2 Å². The number of anilines is 1. The number of hydrogen-bond donors (Lipinski definition) is 4. The van der Waals surface area contributed by atoms with Crippen LogP contribution in [-0.2, 0) is 20.9 Å². The van der Waals surface area contributed by atoms with Gasteiger partial charge in [-0.1, -0.05) is 31.2 Å². The van der Waals surface area contributed by atoms with E-state index in [9.17, 15) is 34.5 Å². The molecule has 0 spiro atoms. The Morgan fingerprint density at radius 3 is 2.36 bits per heavy atom. The third-order valence-corrected chi connectivity index (χ3v) is 10.1. The molecule has 0 aromatic heterocycles. The molecule has 42 heavy (non-hydrogen) atoms. The summed E-state index contributed by atoms with van der Waals surface area (Å²) < 4.78 is 0. The fraction of sp³-hybridized carbons (Fsp3) is 0.419. The van der Waals surface area contributed by atoms with Crippen LogP contribution in [-0.4, -0.2) is 78.9 Å². The number of likely N-dealkylation sites (tertiary alicyclic amines) is 1. The normalized spacial score (nSPS) is 26.2. The van der Waals surface area contributed by atoms with Crippen LogP contribution in [0.25, 0.3) is 0 Å². The van der Waals surface area contributed by atoms with Crippen molar-refractivity contribution in [2.45, 2.75) is 64.1 Å². The van der Waals surface area contributed by atoms with Crippen molar-refractivity contribution in [3.8, 4) is 0 Å². The fourth-order valence-electron chi connectivity index (χ4n) is 6.51. The molecule has 3 aliphatic rings. The number of benzene rings is 2. The SMILES string of the molecule is Cc1cccc(C)c1CN1C[C@@H](SC2=C(C(=O)O)N3C(=O)[C@H]([C@@H](C)O)[C@H]3[C@H]2C)C[C@H]1C(=O)Nc1cccc(C(=O)O)c1. The molecule has 2 amide bonds. The Kier molecular flexibility index (Phi) is 8.19. The summed E-state index contributed by atoms with van der Waals surface area (Å²) in [7, 11) is 0. The van der Waals surface area contributed by atoms with Gasteiger partial charge in [-0.15, -0.1) is 11.8 Å². The highest BCUT2D eigenvalue weighted by molar-refractivity contribution is 8.03. The summed E-state index contributed by atoms with van der Waals surface area (Å²) in [6.45, 7) is 8.52. The van der Waals surface area contributed by atoms with Gasteiger partial charge in [-0.05, 0) is 62.1 Å². The minimum absolute atomic E-state index is 0.0286. The van der Waals surface area contributed by atoms with Gasteiger partial charge in [-0.3, -0.25) is 14.5 Å². The molecule has 11 heteroatoms. The molecule has 2 fully saturated rings. The van der Waals surface area contributed by atoms with Crippen LogP contribution in [0.3, 0.4) is 0 Å². The number of carbonyl (C=O) groups is 4. The topological polar surface area (TPSA) is 147 Å². The van der Waals surface area contributed by atoms with E-state index in [-0.39, 0.29) is 34.2 Å². The van der Waals surface area contributed by atoms with Gasteiger partial charge in [0.25, 0.3) is 0 Å². The van der Waals surface area contributed by atoms with Crippen molar-refractivity contribution in [1.82, 2.24) is 9.80 Å². The molecule has 4 N–H and O–H groups in total. The molecule has 0 aliphatic carbocycles. The van der Waals surface area contributed by atoms with Crippen molar-refractivity contribution in [2.24, 2.45) is 11.8 Å². The number of carboxylic acid groups (broad SMARTS) is 2. The lowest BCUT2D eigenvalue weighted by molar-refractivity contribution is -0.163. The van der Waals surface area contributed by atoms with Gasteiger partial charge in [0.05, 0.1) is 29.7 Å². The van der Waals surface area contributed by atoms with Gasteiger partial charge in [-0.25, -0.2) is 9.59 Å². The van der Waals surface area contributed by atoms with Crippen LogP contribution in [0, 0.1) is 25.7 Å². The third kappa shape index (κ3) is 5.32. The molecular formula is C31H35N3O7S. The van der Waals surface area contributed by atoms with Crippen molar-refractivity contribution in [3.63, 3.8) is 0 Å². The number of hydrogen-bond acceptors (Lipinski definition) is 7. The first kappa shape index (κ1) is 29.8. The van der Waals surface area contributed by atoms with Gasteiger partial charge < -0.3 is 25.5 Å². The zero-order valence-corrected chi connectivity index (χ0v) is 24.7. The summed E-state index contributed by atoms with van der Waals surface area (Å²) in [5, 5.41) is 32.4. The molecular weight excluding hydrogens is 558 g/mol. The van der Waals surface area contributed by atoms with E-state index in [0.717, 1.165) is 16.7 Å². The van der Waals surface area contributed by atoms with Crippen molar-refractivity contribution < 1.29 is 34.5 Å². The van der Waals surface area contributed by atoms with Gasteiger partial charge in [0.2, 0.25) is 11.8 Å². The Labute approximate surface area is 248 Å². The Hall–Kier alpha value is -3.67. The molecule has 0 bridgehead atoms. The van der Waals surface area contributed by atoms with Gasteiger partial charge in [0, 0.05) is 34.8 Å². The number of thioether (sulfide) groups is 1. The molecule has 10 nitrogen and oxygen atoms in total. The average Bonchev–Trinajstić information content (AvgIpc) is 3.43. The highest BCUT2D eigenvalue weighted by Crippen LogP contribution is 2.52. The van der Waals surface area contributed by atoms with E-state index in [4.69, 9.17) is 0 Å². The first-order chi connectivity index (χ1) is 19.9. The second kappa shape index (κ2) is 11.5. The largest absolute Gasteiger partial charge is 0.478 e. The molecule has 6 atom stereocenters. The summed E-state index contributed by atoms with van der Waals surface area (Å²) in [4.78, 5) is 54.2. The second-order valence-corrected chi connectivity index (χ2v) is 12.8. The summed E-state index contributed by atoms with van der Waals surface area (Å²) in [6, 6.07) is 11.2. The Morgan fingerprint density at radius 1 is 1.07 bits per heavy atom. The number of amides is 2. The Bertz CT molecular complexity index is 1470. The van der Waals surface area contributed by atoms with Crippen LogP contribution in [0.2, 0.25) is 0 Å². The minimum Gasteiger partial charge on any atom is -0.478 e. The second-order valence-electron chi connectivity index (χ2n) is 11.4. The first-order valence-corrected chi connectivity index (χ1v) is 14.9. The highest BCUT2D eigenvalue weighted by atomic mass is 32.2. The zero-order valence-electron chi connectivity index (χ0n) is 23.9. The monoisotopic (exact) mass is 593 g/mol. The number of carbonyl (C=O) groups excluding carboxylic acids is 2. The molecule has 2 saturated heterocycles. The lowest BCUT2D eigenvalue weighted by Gasteiger charge is -2.46. The van der Waals surface area contributed by atoms with Crippen molar-refractivity contribution in [3.05, 3.63) is 75.3 Å². The van der Waals surface area contributed by atoms with Gasteiger partial charge >= 0.3 is 11.9 Å². The van der Waals surface area contributed by atoms with Crippen LogP contribution in [0.5, 0.6) is 0 Å². The minimum atomic E-state index is -1.18. The van der Waals surface area contributed by atoms with Gasteiger partial charge in [0.15, 0.2) is 0 Å². The number of nitrogens with one attached hydrogen (secondary N) is 1. The van der Waals surface area contributed by atoms with E-state index in [1.165, 1.54) is 28.8 Å². The number of β-lactam (4-membered cyclic amide) rings is 1. The number of fused-ring (bicyclic) bond motifs is 1. The number of aliphatic carboxylic acids is 1. The molecule has 222 valence electrons. The third-order valence-electron chi connectivity index (χ3n) is 8.66. The number of rotatable bonds is 9. The molecule has 3 heterocycles. The zero-order chi connectivity index (χ0) is 30.5. The Morgan fingerprint density at radius 2 is 1.74 bits per heavy atom. The number of aliphatic hydroxyl groups excluding tert-OH is 1. The Balaban J connectivity index is 1.42. The molecule has 0 unspecified atom stereocenters. The lowest BCUT2D eigenvalue weighted by Crippen LogP contribution is -2.63. The highest BCUT2D eigenvalue weighted by Gasteiger charge is 2.60. The van der Waals surface area contributed by atoms with E-state index in [1.807, 2.05) is 39.0 Å². The van der Waals surface area contributed by atoms with Gasteiger partial charge in [0.1, 0.15) is 5.70 Å². The van der Waals surface area contributed by atoms with Crippen LogP contribution in [0.4, 0.5) is 5.69 Å². The van der Waals surface area contributed by atoms with E-state index in [0.29, 0.717) is 30.1 Å². The standard InChI is InChI=1S/C31H35N3O7S/c1-15-7-5-8-16(2)22(15)14-33-13-21(12-23(33)28(36)32-20-10-6-9-19(11-20)30(38)39)42-27-17(3)25-24(18(4)35)29(37)34(25)26(27)31(40)41/h5-11,17-18,21,23-25,35H,12-14H2,1-4H3,(H,32,36)(H,38,39)(H,40,41)/t17-,18-,21+,23+,24-,25-/m1/s1. The number of aliphatic hydroxyl groups is 1. The molecule has 0 radical (unpaired) electrons. The number of nitrogens with zero attached hydrogens (tertiary/aromatic N) is 2. The first-order valence-electron chi connectivity index (χ1n) is 14.0. The molecule has 3 aliphatic heterocycles. The summed E-state index contributed by atoms with van der Waals surface area (Å²) >= 11 is 1.40.